The fourth-order valence-corrected chi connectivity index (χ4v) is 0.753. The number of esters is 1. The van der Waals surface area contributed by atoms with Crippen molar-refractivity contribution in [3.8, 4) is 0 Å². The first-order valence-corrected chi connectivity index (χ1v) is 3.34. The smallest absolute Gasteiger partial charge is 0.372 e. The molecule has 0 saturated carbocycles. The van der Waals surface area contributed by atoms with Crippen LogP contribution in [0.2, 0.25) is 0 Å². The highest BCUT2D eigenvalue weighted by Gasteiger charge is 2.06. The molecule has 0 aliphatic rings. The maximum atomic E-state index is 10.7. The summed E-state index contributed by atoms with van der Waals surface area (Å²) in [6.07, 6.45) is 3.63. The maximum absolute atomic E-state index is 10.7. The Kier molecular flexibility index (Phi) is 2.60. The van der Waals surface area contributed by atoms with Crippen LogP contribution in [0.4, 0.5) is 0 Å². The maximum Gasteiger partial charge on any atom is 0.372 e. The number of aromatic nitrogens is 1. The van der Waals surface area contributed by atoms with Gasteiger partial charge in [0.1, 0.15) is 0 Å². The molecule has 1 aromatic rings. The molecule has 1 rings (SSSR count). The second kappa shape index (κ2) is 3.71. The molecule has 0 aromatic carbocycles. The molecule has 1 heterocycles. The number of hydrogen-bond acceptors (Lipinski definition) is 2. The standard InChI is InChI=1S/C8H10NO2/c1-11-8(10)7-9-5-3-2-4-6-9/h2-6H,7H2,1H3/q+1. The predicted molar refractivity (Wildman–Crippen MR) is 38.7 cm³/mol. The van der Waals surface area contributed by atoms with Crippen LogP contribution in [0, 0.1) is 0 Å². The number of nitrogens with zero attached hydrogens (tertiary/aromatic N) is 1. The molecule has 0 radical (unpaired) electrons. The van der Waals surface area contributed by atoms with Gasteiger partial charge >= 0.3 is 5.97 Å². The van der Waals surface area contributed by atoms with E-state index in [1.807, 2.05) is 30.6 Å². The SMILES string of the molecule is COC(=O)C[n+]1ccccc1. The van der Waals surface area contributed by atoms with E-state index in [0.717, 1.165) is 0 Å². The van der Waals surface area contributed by atoms with Crippen LogP contribution in [0.3, 0.4) is 0 Å². The molecule has 0 atom stereocenters. The van der Waals surface area contributed by atoms with Gasteiger partial charge in [0, 0.05) is 12.1 Å². The molecule has 0 bridgehead atoms. The van der Waals surface area contributed by atoms with Gasteiger partial charge in [-0.25, -0.2) is 4.79 Å². The number of carbonyl (C=O) groups is 1. The molecule has 0 unspecified atom stereocenters. The van der Waals surface area contributed by atoms with Crippen molar-refractivity contribution in [3.05, 3.63) is 30.6 Å². The molecular weight excluding hydrogens is 142 g/mol. The van der Waals surface area contributed by atoms with Crippen LogP contribution in [0.5, 0.6) is 0 Å². The first-order valence-electron chi connectivity index (χ1n) is 3.34. The van der Waals surface area contributed by atoms with Crippen molar-refractivity contribution < 1.29 is 14.1 Å². The quantitative estimate of drug-likeness (QED) is 0.446. The van der Waals surface area contributed by atoms with E-state index in [-0.39, 0.29) is 12.5 Å². The van der Waals surface area contributed by atoms with Gasteiger partial charge in [-0.3, -0.25) is 0 Å². The molecule has 1 aromatic heterocycles. The van der Waals surface area contributed by atoms with E-state index >= 15 is 0 Å². The Balaban J connectivity index is 2.58. The Hall–Kier alpha value is -1.38. The Morgan fingerprint density at radius 3 is 2.55 bits per heavy atom. The summed E-state index contributed by atoms with van der Waals surface area (Å²) in [6, 6.07) is 5.62. The summed E-state index contributed by atoms with van der Waals surface area (Å²) in [5.74, 6) is -0.235. The number of pyridine rings is 1. The summed E-state index contributed by atoms with van der Waals surface area (Å²) in [4.78, 5) is 10.7. The molecule has 0 fully saturated rings. The van der Waals surface area contributed by atoms with Gasteiger partial charge < -0.3 is 4.74 Å². The molecular formula is C8H10NO2+. The minimum Gasteiger partial charge on any atom is -0.464 e. The van der Waals surface area contributed by atoms with Crippen LogP contribution in [-0.4, -0.2) is 13.1 Å². The van der Waals surface area contributed by atoms with Crippen molar-refractivity contribution in [3.63, 3.8) is 0 Å². The van der Waals surface area contributed by atoms with E-state index in [4.69, 9.17) is 0 Å². The van der Waals surface area contributed by atoms with E-state index in [9.17, 15) is 4.79 Å². The number of rotatable bonds is 2. The first kappa shape index (κ1) is 7.72. The van der Waals surface area contributed by atoms with E-state index in [0.29, 0.717) is 0 Å². The highest BCUT2D eigenvalue weighted by molar-refractivity contribution is 5.67. The van der Waals surface area contributed by atoms with Crippen molar-refractivity contribution in [1.82, 2.24) is 0 Å². The molecule has 0 amide bonds. The summed E-state index contributed by atoms with van der Waals surface area (Å²) in [7, 11) is 1.38. The summed E-state index contributed by atoms with van der Waals surface area (Å²) in [6.45, 7) is 0.275. The highest BCUT2D eigenvalue weighted by atomic mass is 16.5. The Labute approximate surface area is 65.2 Å². The van der Waals surface area contributed by atoms with E-state index in [1.165, 1.54) is 7.11 Å². The van der Waals surface area contributed by atoms with Crippen LogP contribution < -0.4 is 4.57 Å². The van der Waals surface area contributed by atoms with Gasteiger partial charge in [-0.05, 0) is 0 Å². The Morgan fingerprint density at radius 2 is 2.00 bits per heavy atom. The summed E-state index contributed by atoms with van der Waals surface area (Å²) in [5, 5.41) is 0. The number of ether oxygens (including phenoxy) is 1. The number of hydrogen-bond donors (Lipinski definition) is 0. The fraction of sp³-hybridized carbons (Fsp3) is 0.250. The van der Waals surface area contributed by atoms with Crippen LogP contribution in [0.25, 0.3) is 0 Å². The molecule has 0 saturated heterocycles. The van der Waals surface area contributed by atoms with Crippen LogP contribution in [-0.2, 0) is 16.1 Å². The van der Waals surface area contributed by atoms with Crippen LogP contribution in [0.1, 0.15) is 0 Å². The minimum atomic E-state index is -0.235. The van der Waals surface area contributed by atoms with E-state index < -0.39 is 0 Å². The molecule has 3 nitrogen and oxygen atoms in total. The third kappa shape index (κ3) is 2.37. The Morgan fingerprint density at radius 1 is 1.36 bits per heavy atom. The molecule has 3 heteroatoms. The second-order valence-electron chi connectivity index (χ2n) is 2.12. The zero-order valence-electron chi connectivity index (χ0n) is 6.36. The van der Waals surface area contributed by atoms with Crippen molar-refractivity contribution in [1.29, 1.82) is 0 Å². The monoisotopic (exact) mass is 152 g/mol. The topological polar surface area (TPSA) is 30.2 Å². The summed E-state index contributed by atoms with van der Waals surface area (Å²) >= 11 is 0. The van der Waals surface area contributed by atoms with Gasteiger partial charge in [0.15, 0.2) is 12.4 Å². The molecule has 0 spiro atoms. The fourth-order valence-electron chi connectivity index (χ4n) is 0.753. The normalized spacial score (nSPS) is 9.18. The lowest BCUT2D eigenvalue weighted by molar-refractivity contribution is -0.685. The third-order valence-electron chi connectivity index (χ3n) is 1.32. The molecule has 58 valence electrons. The van der Waals surface area contributed by atoms with Crippen molar-refractivity contribution >= 4 is 5.97 Å². The molecule has 0 N–H and O–H groups in total. The molecule has 11 heavy (non-hydrogen) atoms. The Bertz CT molecular complexity index is 233. The molecule has 0 aliphatic carbocycles. The van der Waals surface area contributed by atoms with Crippen LogP contribution in [0.15, 0.2) is 30.6 Å². The van der Waals surface area contributed by atoms with Gasteiger partial charge in [-0.1, -0.05) is 6.07 Å². The highest BCUT2D eigenvalue weighted by Crippen LogP contribution is 1.78. The average molecular weight is 152 g/mol. The zero-order valence-corrected chi connectivity index (χ0v) is 6.36. The second-order valence-corrected chi connectivity index (χ2v) is 2.12. The van der Waals surface area contributed by atoms with Gasteiger partial charge in [0.2, 0.25) is 6.54 Å². The first-order chi connectivity index (χ1) is 5.33. The molecule has 0 aliphatic heterocycles. The number of methoxy groups -OCH3 is 1. The lowest BCUT2D eigenvalue weighted by Crippen LogP contribution is -2.37. The van der Waals surface area contributed by atoms with E-state index in [2.05, 4.69) is 4.74 Å². The largest absolute Gasteiger partial charge is 0.464 e. The van der Waals surface area contributed by atoms with Crippen molar-refractivity contribution in [2.24, 2.45) is 0 Å². The van der Waals surface area contributed by atoms with Crippen molar-refractivity contribution in [2.75, 3.05) is 7.11 Å². The van der Waals surface area contributed by atoms with Gasteiger partial charge in [-0.2, -0.15) is 4.57 Å². The van der Waals surface area contributed by atoms with Gasteiger partial charge in [0.25, 0.3) is 0 Å². The van der Waals surface area contributed by atoms with Gasteiger partial charge in [0.05, 0.1) is 7.11 Å². The summed E-state index contributed by atoms with van der Waals surface area (Å²) in [5.41, 5.74) is 0. The van der Waals surface area contributed by atoms with Gasteiger partial charge in [-0.15, -0.1) is 0 Å². The number of carbonyl (C=O) groups excluding carboxylic acids is 1. The van der Waals surface area contributed by atoms with Crippen LogP contribution >= 0.6 is 0 Å². The predicted octanol–water partition coefficient (Wildman–Crippen LogP) is 0.147. The zero-order chi connectivity index (χ0) is 8.10. The lowest BCUT2D eigenvalue weighted by atomic mass is 10.5. The van der Waals surface area contributed by atoms with E-state index in [1.54, 1.807) is 4.57 Å². The lowest BCUT2D eigenvalue weighted by Gasteiger charge is -1.93. The third-order valence-corrected chi connectivity index (χ3v) is 1.32. The summed E-state index contributed by atoms with van der Waals surface area (Å²) < 4.78 is 6.25. The average Bonchev–Trinajstić information content (AvgIpc) is 2.06. The minimum absolute atomic E-state index is 0.235. The van der Waals surface area contributed by atoms with Crippen molar-refractivity contribution in [2.45, 2.75) is 6.54 Å².